The van der Waals surface area contributed by atoms with Crippen molar-refractivity contribution in [2.45, 2.75) is 39.5 Å². The summed E-state index contributed by atoms with van der Waals surface area (Å²) in [7, 11) is 0. The molecular weight excluding hydrogens is 262 g/mol. The molecule has 1 N–H and O–H groups in total. The number of aryl methyl sites for hydroxylation is 1. The Hall–Kier alpha value is -1.84. The molecule has 1 aliphatic rings. The standard InChI is InChI=1S/C17H23N3O/c1-12-4-3-8-20(9-7-12)17(21)11-14-5-6-15-16(10-14)19-13(2)18-15/h5-6,10,12H,3-4,7-9,11H2,1-2H3,(H,18,19)/t12-/m1/s1. The SMILES string of the molecule is Cc1nc2ccc(CC(=O)N3CCC[C@@H](C)CC3)cc2[nH]1. The number of nitrogens with zero attached hydrogens (tertiary/aromatic N) is 2. The Bertz CT molecular complexity index is 647. The third kappa shape index (κ3) is 3.26. The van der Waals surface area contributed by atoms with Crippen LogP contribution in [0.3, 0.4) is 0 Å². The van der Waals surface area contributed by atoms with Crippen LogP contribution in [0.4, 0.5) is 0 Å². The molecule has 4 heteroatoms. The molecule has 1 aromatic carbocycles. The summed E-state index contributed by atoms with van der Waals surface area (Å²) >= 11 is 0. The summed E-state index contributed by atoms with van der Waals surface area (Å²) in [6.45, 7) is 6.05. The van der Waals surface area contributed by atoms with Gasteiger partial charge in [0, 0.05) is 13.1 Å². The molecule has 2 heterocycles. The Kier molecular flexibility index (Phi) is 3.95. The van der Waals surface area contributed by atoms with Gasteiger partial charge in [0.2, 0.25) is 5.91 Å². The summed E-state index contributed by atoms with van der Waals surface area (Å²) in [4.78, 5) is 22.1. The first kappa shape index (κ1) is 14.1. The van der Waals surface area contributed by atoms with E-state index in [-0.39, 0.29) is 5.91 Å². The molecule has 4 nitrogen and oxygen atoms in total. The number of H-pyrrole nitrogens is 1. The highest BCUT2D eigenvalue weighted by Gasteiger charge is 2.18. The van der Waals surface area contributed by atoms with E-state index in [0.29, 0.717) is 6.42 Å². The minimum atomic E-state index is 0.250. The fourth-order valence-electron chi connectivity index (χ4n) is 3.09. The summed E-state index contributed by atoms with van der Waals surface area (Å²) in [5.74, 6) is 1.90. The van der Waals surface area contributed by atoms with E-state index in [9.17, 15) is 4.79 Å². The first-order valence-electron chi connectivity index (χ1n) is 7.85. The van der Waals surface area contributed by atoms with Crippen molar-refractivity contribution in [1.29, 1.82) is 0 Å². The number of likely N-dealkylation sites (tertiary alicyclic amines) is 1. The van der Waals surface area contributed by atoms with Gasteiger partial charge in [-0.2, -0.15) is 0 Å². The number of carbonyl (C=O) groups is 1. The maximum absolute atomic E-state index is 12.5. The lowest BCUT2D eigenvalue weighted by atomic mass is 10.0. The van der Waals surface area contributed by atoms with Gasteiger partial charge in [-0.15, -0.1) is 0 Å². The van der Waals surface area contributed by atoms with Crippen molar-refractivity contribution in [1.82, 2.24) is 14.9 Å². The summed E-state index contributed by atoms with van der Waals surface area (Å²) < 4.78 is 0. The van der Waals surface area contributed by atoms with Crippen LogP contribution in [-0.4, -0.2) is 33.9 Å². The number of rotatable bonds is 2. The van der Waals surface area contributed by atoms with Crippen molar-refractivity contribution in [2.75, 3.05) is 13.1 Å². The van der Waals surface area contributed by atoms with Crippen LogP contribution in [0.15, 0.2) is 18.2 Å². The second-order valence-electron chi connectivity index (χ2n) is 6.27. The van der Waals surface area contributed by atoms with Crippen molar-refractivity contribution in [3.63, 3.8) is 0 Å². The summed E-state index contributed by atoms with van der Waals surface area (Å²) in [5, 5.41) is 0. The quantitative estimate of drug-likeness (QED) is 0.922. The Morgan fingerprint density at radius 2 is 2.24 bits per heavy atom. The summed E-state index contributed by atoms with van der Waals surface area (Å²) in [6.07, 6.45) is 3.99. The van der Waals surface area contributed by atoms with E-state index < -0.39 is 0 Å². The van der Waals surface area contributed by atoms with Crippen molar-refractivity contribution in [3.05, 3.63) is 29.6 Å². The van der Waals surface area contributed by atoms with Crippen molar-refractivity contribution >= 4 is 16.9 Å². The van der Waals surface area contributed by atoms with Gasteiger partial charge >= 0.3 is 0 Å². The average Bonchev–Trinajstić information content (AvgIpc) is 2.66. The molecule has 0 aliphatic carbocycles. The van der Waals surface area contributed by atoms with E-state index in [4.69, 9.17) is 0 Å². The van der Waals surface area contributed by atoms with Gasteiger partial charge < -0.3 is 9.88 Å². The maximum Gasteiger partial charge on any atom is 0.226 e. The van der Waals surface area contributed by atoms with E-state index in [0.717, 1.165) is 54.3 Å². The molecule has 0 saturated carbocycles. The maximum atomic E-state index is 12.5. The number of aromatic amines is 1. The number of aromatic nitrogens is 2. The number of fused-ring (bicyclic) bond motifs is 1. The molecule has 1 aliphatic heterocycles. The third-order valence-corrected chi connectivity index (χ3v) is 4.39. The smallest absolute Gasteiger partial charge is 0.226 e. The number of carbonyl (C=O) groups excluding carboxylic acids is 1. The normalized spacial score (nSPS) is 19.7. The van der Waals surface area contributed by atoms with Gasteiger partial charge in [-0.3, -0.25) is 4.79 Å². The van der Waals surface area contributed by atoms with Gasteiger partial charge in [0.1, 0.15) is 5.82 Å². The lowest BCUT2D eigenvalue weighted by molar-refractivity contribution is -0.130. The largest absolute Gasteiger partial charge is 0.342 e. The minimum absolute atomic E-state index is 0.250. The molecule has 2 aromatic rings. The second-order valence-corrected chi connectivity index (χ2v) is 6.27. The van der Waals surface area contributed by atoms with Gasteiger partial charge in [0.05, 0.1) is 17.5 Å². The van der Waals surface area contributed by atoms with Crippen molar-refractivity contribution in [2.24, 2.45) is 5.92 Å². The molecule has 1 atom stereocenters. The fraction of sp³-hybridized carbons (Fsp3) is 0.529. The van der Waals surface area contributed by atoms with Crippen LogP contribution < -0.4 is 0 Å². The van der Waals surface area contributed by atoms with Crippen LogP contribution in [0.5, 0.6) is 0 Å². The fourth-order valence-corrected chi connectivity index (χ4v) is 3.09. The van der Waals surface area contributed by atoms with Crippen LogP contribution in [0, 0.1) is 12.8 Å². The monoisotopic (exact) mass is 285 g/mol. The molecule has 1 saturated heterocycles. The zero-order valence-electron chi connectivity index (χ0n) is 12.9. The van der Waals surface area contributed by atoms with E-state index in [2.05, 4.69) is 16.9 Å². The van der Waals surface area contributed by atoms with Crippen LogP contribution in [0.1, 0.15) is 37.6 Å². The Labute approximate surface area is 125 Å². The van der Waals surface area contributed by atoms with Gasteiger partial charge in [-0.05, 0) is 49.8 Å². The first-order valence-corrected chi connectivity index (χ1v) is 7.85. The molecule has 3 rings (SSSR count). The van der Waals surface area contributed by atoms with E-state index in [1.807, 2.05) is 30.0 Å². The predicted octanol–water partition coefficient (Wildman–Crippen LogP) is 3.06. The molecule has 0 unspecified atom stereocenters. The molecular formula is C17H23N3O. The van der Waals surface area contributed by atoms with Crippen LogP contribution in [0.25, 0.3) is 11.0 Å². The van der Waals surface area contributed by atoms with Gasteiger partial charge in [0.25, 0.3) is 0 Å². The Balaban J connectivity index is 1.70. The number of hydrogen-bond donors (Lipinski definition) is 1. The summed E-state index contributed by atoms with van der Waals surface area (Å²) in [5.41, 5.74) is 3.04. The van der Waals surface area contributed by atoms with Crippen LogP contribution in [-0.2, 0) is 11.2 Å². The van der Waals surface area contributed by atoms with Gasteiger partial charge in [0.15, 0.2) is 0 Å². The van der Waals surface area contributed by atoms with Gasteiger partial charge in [-0.25, -0.2) is 4.98 Å². The van der Waals surface area contributed by atoms with E-state index >= 15 is 0 Å². The predicted molar refractivity (Wildman–Crippen MR) is 84.1 cm³/mol. The average molecular weight is 285 g/mol. The Morgan fingerprint density at radius 1 is 1.38 bits per heavy atom. The Morgan fingerprint density at radius 3 is 3.10 bits per heavy atom. The third-order valence-electron chi connectivity index (χ3n) is 4.39. The highest BCUT2D eigenvalue weighted by Crippen LogP contribution is 2.18. The zero-order chi connectivity index (χ0) is 14.8. The van der Waals surface area contributed by atoms with Crippen LogP contribution >= 0.6 is 0 Å². The van der Waals surface area contributed by atoms with Crippen LogP contribution in [0.2, 0.25) is 0 Å². The molecule has 1 amide bonds. The number of imidazole rings is 1. The number of amides is 1. The molecule has 0 spiro atoms. The molecule has 112 valence electrons. The topological polar surface area (TPSA) is 49.0 Å². The minimum Gasteiger partial charge on any atom is -0.342 e. The second kappa shape index (κ2) is 5.88. The number of hydrogen-bond acceptors (Lipinski definition) is 2. The molecule has 21 heavy (non-hydrogen) atoms. The highest BCUT2D eigenvalue weighted by atomic mass is 16.2. The summed E-state index contributed by atoms with van der Waals surface area (Å²) in [6, 6.07) is 6.06. The molecule has 1 aromatic heterocycles. The molecule has 0 radical (unpaired) electrons. The van der Waals surface area contributed by atoms with E-state index in [1.165, 1.54) is 6.42 Å². The molecule has 1 fully saturated rings. The number of benzene rings is 1. The van der Waals surface area contributed by atoms with E-state index in [1.54, 1.807) is 0 Å². The molecule has 0 bridgehead atoms. The van der Waals surface area contributed by atoms with Crippen molar-refractivity contribution < 1.29 is 4.79 Å². The zero-order valence-corrected chi connectivity index (χ0v) is 12.9. The lowest BCUT2D eigenvalue weighted by Gasteiger charge is -2.20. The van der Waals surface area contributed by atoms with Gasteiger partial charge in [-0.1, -0.05) is 13.0 Å². The lowest BCUT2D eigenvalue weighted by Crippen LogP contribution is -2.33. The number of nitrogens with one attached hydrogen (secondary N) is 1. The van der Waals surface area contributed by atoms with Crippen molar-refractivity contribution in [3.8, 4) is 0 Å². The first-order chi connectivity index (χ1) is 10.1. The highest BCUT2D eigenvalue weighted by molar-refractivity contribution is 5.81.